The van der Waals surface area contributed by atoms with Gasteiger partial charge in [-0.15, -0.1) is 0 Å². The molecule has 18 heavy (non-hydrogen) atoms. The van der Waals surface area contributed by atoms with Gasteiger partial charge in [-0.2, -0.15) is 13.2 Å². The number of nitrogens with zero attached hydrogens (tertiary/aromatic N) is 2. The van der Waals surface area contributed by atoms with Crippen molar-refractivity contribution in [2.45, 2.75) is 20.0 Å². The molecule has 7 heteroatoms. The van der Waals surface area contributed by atoms with Crippen LogP contribution in [0.3, 0.4) is 0 Å². The average molecular weight is 257 g/mol. The molecule has 2 aromatic heterocycles. The number of fused-ring (bicyclic) bond motifs is 1. The standard InChI is InChI=1S/C11H10F3N3O/c1-6-5-17-4-3-8(7(2)9(17)15-6)16-10(18)11(12,13)14/h3-5H,1-2H3,(H,16,18). The number of anilines is 1. The lowest BCUT2D eigenvalue weighted by molar-refractivity contribution is -0.167. The minimum atomic E-state index is -4.90. The Morgan fingerprint density at radius 1 is 1.39 bits per heavy atom. The summed E-state index contributed by atoms with van der Waals surface area (Å²) < 4.78 is 38.1. The Morgan fingerprint density at radius 3 is 2.67 bits per heavy atom. The van der Waals surface area contributed by atoms with Gasteiger partial charge in [0.2, 0.25) is 0 Å². The zero-order valence-corrected chi connectivity index (χ0v) is 9.67. The molecule has 1 amide bonds. The Bertz CT molecular complexity index is 616. The molecule has 0 atom stereocenters. The summed E-state index contributed by atoms with van der Waals surface area (Å²) in [6.07, 6.45) is -1.60. The fourth-order valence-electron chi connectivity index (χ4n) is 1.64. The maximum absolute atomic E-state index is 12.2. The lowest BCUT2D eigenvalue weighted by atomic mass is 10.2. The molecule has 2 heterocycles. The third-order valence-corrected chi connectivity index (χ3v) is 2.50. The fraction of sp³-hybridized carbons (Fsp3) is 0.273. The van der Waals surface area contributed by atoms with E-state index in [0.29, 0.717) is 11.2 Å². The summed E-state index contributed by atoms with van der Waals surface area (Å²) in [6.45, 7) is 3.38. The maximum atomic E-state index is 12.2. The van der Waals surface area contributed by atoms with E-state index in [1.54, 1.807) is 30.6 Å². The van der Waals surface area contributed by atoms with Crippen molar-refractivity contribution < 1.29 is 18.0 Å². The van der Waals surface area contributed by atoms with Crippen LogP contribution in [0.2, 0.25) is 0 Å². The molecule has 0 aromatic carbocycles. The molecule has 0 saturated heterocycles. The first-order valence-electron chi connectivity index (χ1n) is 5.12. The highest BCUT2D eigenvalue weighted by Gasteiger charge is 2.38. The largest absolute Gasteiger partial charge is 0.471 e. The van der Waals surface area contributed by atoms with Crippen molar-refractivity contribution in [2.75, 3.05) is 5.32 Å². The van der Waals surface area contributed by atoms with Crippen molar-refractivity contribution >= 4 is 17.2 Å². The van der Waals surface area contributed by atoms with E-state index in [0.717, 1.165) is 5.69 Å². The lowest BCUT2D eigenvalue weighted by Crippen LogP contribution is -2.30. The van der Waals surface area contributed by atoms with E-state index in [2.05, 4.69) is 4.98 Å². The van der Waals surface area contributed by atoms with E-state index in [4.69, 9.17) is 0 Å². The van der Waals surface area contributed by atoms with Crippen LogP contribution in [0.15, 0.2) is 18.5 Å². The van der Waals surface area contributed by atoms with Crippen LogP contribution >= 0.6 is 0 Å². The first-order valence-corrected chi connectivity index (χ1v) is 5.12. The Morgan fingerprint density at radius 2 is 2.06 bits per heavy atom. The summed E-state index contributed by atoms with van der Waals surface area (Å²) in [5, 5.41) is 1.83. The van der Waals surface area contributed by atoms with Crippen LogP contribution < -0.4 is 5.32 Å². The van der Waals surface area contributed by atoms with Gasteiger partial charge in [0.1, 0.15) is 5.65 Å². The van der Waals surface area contributed by atoms with Gasteiger partial charge >= 0.3 is 12.1 Å². The maximum Gasteiger partial charge on any atom is 0.471 e. The number of rotatable bonds is 1. The van der Waals surface area contributed by atoms with Crippen molar-refractivity contribution in [1.29, 1.82) is 0 Å². The number of hydrogen-bond donors (Lipinski definition) is 1. The van der Waals surface area contributed by atoms with Gasteiger partial charge in [0.25, 0.3) is 0 Å². The predicted molar refractivity (Wildman–Crippen MR) is 59.4 cm³/mol. The molecule has 2 rings (SSSR count). The molecule has 0 aliphatic heterocycles. The SMILES string of the molecule is Cc1cn2ccc(NC(=O)C(F)(F)F)c(C)c2n1. The minimum absolute atomic E-state index is 0.107. The number of carbonyl (C=O) groups is 1. The normalized spacial score (nSPS) is 11.8. The number of nitrogens with one attached hydrogen (secondary N) is 1. The first-order chi connectivity index (χ1) is 8.29. The zero-order valence-electron chi connectivity index (χ0n) is 9.67. The smallest absolute Gasteiger partial charge is 0.318 e. The van der Waals surface area contributed by atoms with Crippen LogP contribution in [0.4, 0.5) is 18.9 Å². The number of imidazole rings is 1. The molecule has 1 N–H and O–H groups in total. The summed E-state index contributed by atoms with van der Waals surface area (Å²) in [6, 6.07) is 1.41. The van der Waals surface area contributed by atoms with Gasteiger partial charge in [-0.05, 0) is 19.9 Å². The number of carbonyl (C=O) groups excluding carboxylic acids is 1. The van der Waals surface area contributed by atoms with Crippen molar-refractivity contribution in [3.63, 3.8) is 0 Å². The minimum Gasteiger partial charge on any atom is -0.318 e. The van der Waals surface area contributed by atoms with Crippen LogP contribution in [-0.4, -0.2) is 21.5 Å². The van der Waals surface area contributed by atoms with Crippen LogP contribution in [0, 0.1) is 13.8 Å². The molecule has 0 bridgehead atoms. The van der Waals surface area contributed by atoms with Crippen LogP contribution in [0.1, 0.15) is 11.3 Å². The molecule has 2 aromatic rings. The highest BCUT2D eigenvalue weighted by atomic mass is 19.4. The Labute approximate surface area is 100 Å². The monoisotopic (exact) mass is 257 g/mol. The van der Waals surface area contributed by atoms with Crippen molar-refractivity contribution in [3.05, 3.63) is 29.7 Å². The third-order valence-electron chi connectivity index (χ3n) is 2.50. The highest BCUT2D eigenvalue weighted by Crippen LogP contribution is 2.23. The molecule has 0 spiro atoms. The van der Waals surface area contributed by atoms with Gasteiger partial charge in [-0.3, -0.25) is 4.79 Å². The summed E-state index contributed by atoms with van der Waals surface area (Å²) >= 11 is 0. The van der Waals surface area contributed by atoms with Gasteiger partial charge in [-0.25, -0.2) is 4.98 Å². The second-order valence-corrected chi connectivity index (χ2v) is 3.92. The molecule has 0 saturated carbocycles. The Hall–Kier alpha value is -2.05. The zero-order chi connectivity index (χ0) is 13.5. The molecular formula is C11H10F3N3O. The number of aryl methyl sites for hydroxylation is 2. The lowest BCUT2D eigenvalue weighted by Gasteiger charge is -2.10. The quantitative estimate of drug-likeness (QED) is 0.853. The van der Waals surface area contributed by atoms with E-state index >= 15 is 0 Å². The van der Waals surface area contributed by atoms with Crippen molar-refractivity contribution in [3.8, 4) is 0 Å². The van der Waals surface area contributed by atoms with E-state index in [1.807, 2.05) is 5.32 Å². The molecule has 0 aliphatic rings. The predicted octanol–water partition coefficient (Wildman–Crippen LogP) is 2.45. The molecule has 4 nitrogen and oxygen atoms in total. The number of alkyl halides is 3. The Balaban J connectivity index is 2.40. The van der Waals surface area contributed by atoms with Crippen LogP contribution in [-0.2, 0) is 4.79 Å². The van der Waals surface area contributed by atoms with E-state index in [-0.39, 0.29) is 5.69 Å². The number of aromatic nitrogens is 2. The summed E-state index contributed by atoms with van der Waals surface area (Å²) in [5.41, 5.74) is 1.86. The average Bonchev–Trinajstić information content (AvgIpc) is 2.62. The summed E-state index contributed by atoms with van der Waals surface area (Å²) in [4.78, 5) is 15.0. The van der Waals surface area contributed by atoms with Crippen LogP contribution in [0.5, 0.6) is 0 Å². The number of hydrogen-bond acceptors (Lipinski definition) is 2. The molecular weight excluding hydrogens is 247 g/mol. The number of halogens is 3. The molecule has 0 radical (unpaired) electrons. The summed E-state index contributed by atoms with van der Waals surface area (Å²) in [7, 11) is 0. The highest BCUT2D eigenvalue weighted by molar-refractivity contribution is 5.96. The van der Waals surface area contributed by atoms with E-state index < -0.39 is 12.1 Å². The number of amides is 1. The molecule has 96 valence electrons. The van der Waals surface area contributed by atoms with Crippen molar-refractivity contribution in [2.24, 2.45) is 0 Å². The van der Waals surface area contributed by atoms with Gasteiger partial charge in [0.15, 0.2) is 0 Å². The van der Waals surface area contributed by atoms with Gasteiger partial charge in [0.05, 0.1) is 5.69 Å². The fourth-order valence-corrected chi connectivity index (χ4v) is 1.64. The van der Waals surface area contributed by atoms with E-state index in [1.165, 1.54) is 6.07 Å². The second-order valence-electron chi connectivity index (χ2n) is 3.92. The molecule has 0 aliphatic carbocycles. The third kappa shape index (κ3) is 2.15. The molecule has 0 unspecified atom stereocenters. The first kappa shape index (κ1) is 12.4. The second kappa shape index (κ2) is 4.01. The number of pyridine rings is 1. The summed E-state index contributed by atoms with van der Waals surface area (Å²) in [5.74, 6) is -1.99. The Kier molecular flexibility index (Phi) is 2.76. The van der Waals surface area contributed by atoms with Gasteiger partial charge in [-0.1, -0.05) is 0 Å². The molecule has 0 fully saturated rings. The van der Waals surface area contributed by atoms with E-state index in [9.17, 15) is 18.0 Å². The van der Waals surface area contributed by atoms with Crippen molar-refractivity contribution in [1.82, 2.24) is 9.38 Å². The van der Waals surface area contributed by atoms with Gasteiger partial charge in [0, 0.05) is 23.6 Å². The van der Waals surface area contributed by atoms with Gasteiger partial charge < -0.3 is 9.72 Å². The van der Waals surface area contributed by atoms with Crippen LogP contribution in [0.25, 0.3) is 5.65 Å². The topological polar surface area (TPSA) is 46.4 Å².